The van der Waals surface area contributed by atoms with Crippen LogP contribution in [-0.4, -0.2) is 60.3 Å². The largest absolute Gasteiger partial charge is 0.528 e. The zero-order chi connectivity index (χ0) is 12.7. The molecule has 0 aromatic carbocycles. The topological polar surface area (TPSA) is 55.4 Å². The van der Waals surface area contributed by atoms with Gasteiger partial charge in [0.15, 0.2) is 0 Å². The Morgan fingerprint density at radius 3 is 0.812 bits per heavy atom. The maximum atomic E-state index is 5.23. The monoisotopic (exact) mass is 268 g/mol. The molecule has 0 heterocycles. The lowest BCUT2D eigenvalue weighted by Crippen LogP contribution is -2.45. The fraction of sp³-hybridized carbons (Fsp3) is 0.750. The normalized spacial score (nSPS) is 13.6. The zero-order valence-electron chi connectivity index (χ0n) is 10.6. The predicted molar refractivity (Wildman–Crippen MR) is 62.7 cm³/mol. The summed E-state index contributed by atoms with van der Waals surface area (Å²) in [6, 6.07) is 0. The van der Waals surface area contributed by atoms with E-state index in [4.69, 9.17) is 26.6 Å². The van der Waals surface area contributed by atoms with Crippen molar-refractivity contribution in [3.05, 3.63) is 11.4 Å². The van der Waals surface area contributed by atoms with Gasteiger partial charge in [-0.05, 0) is 11.4 Å². The molecule has 6 nitrogen and oxygen atoms in total. The van der Waals surface area contributed by atoms with Gasteiger partial charge in [0.25, 0.3) is 0 Å². The standard InChI is InChI=1S/C8H20O6Si2/c1-9-15(10-2,11-3)7-8-16(12-4,13-5)14-6/h7-8H,1-6H3/b8-7+. The molecular formula is C8H20O6Si2. The maximum Gasteiger partial charge on any atom is 0.528 e. The van der Waals surface area contributed by atoms with E-state index in [-0.39, 0.29) is 0 Å². The summed E-state index contributed by atoms with van der Waals surface area (Å²) in [6.45, 7) is 0. The van der Waals surface area contributed by atoms with Crippen molar-refractivity contribution >= 4 is 17.6 Å². The fourth-order valence-electron chi connectivity index (χ4n) is 1.11. The summed E-state index contributed by atoms with van der Waals surface area (Å²) >= 11 is 0. The van der Waals surface area contributed by atoms with Crippen molar-refractivity contribution in [3.63, 3.8) is 0 Å². The highest BCUT2D eigenvalue weighted by molar-refractivity contribution is 6.72. The van der Waals surface area contributed by atoms with Gasteiger partial charge >= 0.3 is 17.6 Å². The Labute approximate surface area is 98.8 Å². The fourth-order valence-corrected chi connectivity index (χ4v) is 4.56. The second-order valence-electron chi connectivity index (χ2n) is 2.77. The van der Waals surface area contributed by atoms with Gasteiger partial charge in [-0.25, -0.2) is 0 Å². The molecule has 0 fully saturated rings. The third-order valence-corrected chi connectivity index (χ3v) is 7.10. The molecule has 0 radical (unpaired) electrons. The number of hydrogen-bond acceptors (Lipinski definition) is 6. The van der Waals surface area contributed by atoms with Crippen molar-refractivity contribution < 1.29 is 26.6 Å². The van der Waals surface area contributed by atoms with Gasteiger partial charge in [-0.15, -0.1) is 0 Å². The van der Waals surface area contributed by atoms with E-state index in [1.165, 1.54) is 42.7 Å². The summed E-state index contributed by atoms with van der Waals surface area (Å²) in [5.41, 5.74) is 3.38. The van der Waals surface area contributed by atoms with E-state index < -0.39 is 17.6 Å². The van der Waals surface area contributed by atoms with Crippen LogP contribution in [0.3, 0.4) is 0 Å². The Morgan fingerprint density at radius 2 is 0.688 bits per heavy atom. The minimum Gasteiger partial charge on any atom is -0.374 e. The van der Waals surface area contributed by atoms with Crippen LogP contribution >= 0.6 is 0 Å². The third kappa shape index (κ3) is 3.75. The molecular weight excluding hydrogens is 248 g/mol. The van der Waals surface area contributed by atoms with Crippen LogP contribution in [0.15, 0.2) is 11.4 Å². The lowest BCUT2D eigenvalue weighted by atomic mass is 11.2. The highest BCUT2D eigenvalue weighted by Gasteiger charge is 2.40. The molecule has 0 bridgehead atoms. The molecule has 0 N–H and O–H groups in total. The minimum atomic E-state index is -2.76. The summed E-state index contributed by atoms with van der Waals surface area (Å²) in [4.78, 5) is 0. The molecule has 0 amide bonds. The average molecular weight is 268 g/mol. The average Bonchev–Trinajstić information content (AvgIpc) is 2.37. The Balaban J connectivity index is 4.88. The molecule has 0 aromatic heterocycles. The molecule has 16 heavy (non-hydrogen) atoms. The van der Waals surface area contributed by atoms with Crippen molar-refractivity contribution in [2.45, 2.75) is 0 Å². The van der Waals surface area contributed by atoms with Crippen molar-refractivity contribution in [1.82, 2.24) is 0 Å². The molecule has 0 rings (SSSR count). The quantitative estimate of drug-likeness (QED) is 0.593. The van der Waals surface area contributed by atoms with E-state index in [0.29, 0.717) is 0 Å². The zero-order valence-corrected chi connectivity index (χ0v) is 12.6. The predicted octanol–water partition coefficient (Wildman–Crippen LogP) is 0.377. The van der Waals surface area contributed by atoms with Gasteiger partial charge in [0.1, 0.15) is 0 Å². The number of rotatable bonds is 8. The van der Waals surface area contributed by atoms with Crippen molar-refractivity contribution in [3.8, 4) is 0 Å². The van der Waals surface area contributed by atoms with E-state index in [9.17, 15) is 0 Å². The van der Waals surface area contributed by atoms with E-state index in [0.717, 1.165) is 0 Å². The van der Waals surface area contributed by atoms with Crippen LogP contribution < -0.4 is 0 Å². The lowest BCUT2D eigenvalue weighted by Gasteiger charge is -2.24. The van der Waals surface area contributed by atoms with Gasteiger partial charge in [0.05, 0.1) is 0 Å². The molecule has 0 saturated heterocycles. The molecule has 0 aliphatic carbocycles. The summed E-state index contributed by atoms with van der Waals surface area (Å²) in [5.74, 6) is 0. The van der Waals surface area contributed by atoms with Crippen LogP contribution in [0, 0.1) is 0 Å². The first kappa shape index (κ1) is 15.9. The molecule has 0 unspecified atom stereocenters. The summed E-state index contributed by atoms with van der Waals surface area (Å²) < 4.78 is 31.4. The molecule has 0 saturated carbocycles. The lowest BCUT2D eigenvalue weighted by molar-refractivity contribution is 0.132. The summed E-state index contributed by atoms with van der Waals surface area (Å²) in [7, 11) is 3.64. The molecule has 0 aliphatic heterocycles. The van der Waals surface area contributed by atoms with E-state index in [1.807, 2.05) is 0 Å². The van der Waals surface area contributed by atoms with Gasteiger partial charge in [-0.3, -0.25) is 0 Å². The Morgan fingerprint density at radius 1 is 0.500 bits per heavy atom. The van der Waals surface area contributed by atoms with Gasteiger partial charge in [-0.2, -0.15) is 0 Å². The first-order valence-corrected chi connectivity index (χ1v) is 8.19. The molecule has 0 spiro atoms. The third-order valence-electron chi connectivity index (χ3n) is 2.20. The van der Waals surface area contributed by atoms with Crippen molar-refractivity contribution in [2.75, 3.05) is 42.7 Å². The van der Waals surface area contributed by atoms with Gasteiger partial charge < -0.3 is 26.6 Å². The second kappa shape index (κ2) is 7.30. The molecule has 96 valence electrons. The van der Waals surface area contributed by atoms with E-state index in [1.54, 1.807) is 11.4 Å². The molecule has 8 heteroatoms. The van der Waals surface area contributed by atoms with E-state index in [2.05, 4.69) is 0 Å². The smallest absolute Gasteiger partial charge is 0.374 e. The van der Waals surface area contributed by atoms with Crippen LogP contribution in [0.5, 0.6) is 0 Å². The Kier molecular flexibility index (Phi) is 7.27. The van der Waals surface area contributed by atoms with E-state index >= 15 is 0 Å². The van der Waals surface area contributed by atoms with Crippen LogP contribution in [0.1, 0.15) is 0 Å². The van der Waals surface area contributed by atoms with Gasteiger partial charge in [-0.1, -0.05) is 0 Å². The highest BCUT2D eigenvalue weighted by Crippen LogP contribution is 2.13. The maximum absolute atomic E-state index is 5.23. The molecule has 0 aromatic rings. The summed E-state index contributed by atoms with van der Waals surface area (Å²) in [6.07, 6.45) is 0. The summed E-state index contributed by atoms with van der Waals surface area (Å²) in [5, 5.41) is 0. The van der Waals surface area contributed by atoms with Crippen LogP contribution in [0.25, 0.3) is 0 Å². The Hall–Kier alpha value is -0.0662. The molecule has 0 aliphatic rings. The molecule has 0 atom stereocenters. The van der Waals surface area contributed by atoms with Gasteiger partial charge in [0, 0.05) is 42.7 Å². The SMILES string of the molecule is CO[Si](/C=C/[Si](OC)(OC)OC)(OC)OC. The number of hydrogen-bond donors (Lipinski definition) is 0. The minimum absolute atomic E-state index is 1.53. The first-order chi connectivity index (χ1) is 7.57. The van der Waals surface area contributed by atoms with Gasteiger partial charge in [0.2, 0.25) is 0 Å². The highest BCUT2D eigenvalue weighted by atomic mass is 28.4. The van der Waals surface area contributed by atoms with Crippen molar-refractivity contribution in [2.24, 2.45) is 0 Å². The van der Waals surface area contributed by atoms with Crippen LogP contribution in [0.2, 0.25) is 0 Å². The Bertz CT molecular complexity index is 176. The van der Waals surface area contributed by atoms with Crippen molar-refractivity contribution in [1.29, 1.82) is 0 Å². The van der Waals surface area contributed by atoms with Crippen LogP contribution in [0.4, 0.5) is 0 Å². The van der Waals surface area contributed by atoms with Crippen LogP contribution in [-0.2, 0) is 26.6 Å². The second-order valence-corrected chi connectivity index (χ2v) is 8.30. The first-order valence-electron chi connectivity index (χ1n) is 4.58.